The van der Waals surface area contributed by atoms with Gasteiger partial charge in [0.05, 0.1) is 39.5 Å². The van der Waals surface area contributed by atoms with Gasteiger partial charge in [0.25, 0.3) is 0 Å². The summed E-state index contributed by atoms with van der Waals surface area (Å²) < 4.78 is 22.4. The Morgan fingerprint density at radius 1 is 0.604 bits per heavy atom. The first-order chi connectivity index (χ1) is 23.4. The van der Waals surface area contributed by atoms with Crippen molar-refractivity contribution in [2.45, 2.75) is 0 Å². The third kappa shape index (κ3) is 11.2. The first kappa shape index (κ1) is 35.6. The second-order valence-electron chi connectivity index (χ2n) is 11.1. The molecule has 0 radical (unpaired) electrons. The zero-order valence-electron chi connectivity index (χ0n) is 26.6. The molecule has 2 aromatic heterocycles. The fourth-order valence-corrected chi connectivity index (χ4v) is 6.70. The quantitative estimate of drug-likeness (QED) is 0.285. The second-order valence-corrected chi connectivity index (χ2v) is 13.5. The van der Waals surface area contributed by atoms with Gasteiger partial charge in [-0.15, -0.1) is 0 Å². The molecule has 0 bridgehead atoms. The van der Waals surface area contributed by atoms with Gasteiger partial charge >= 0.3 is 11.3 Å². The van der Waals surface area contributed by atoms with E-state index in [-0.39, 0.29) is 36.3 Å². The minimum Gasteiger partial charge on any atom is -0.421 e. The number of benzene rings is 2. The molecule has 3 heterocycles. The summed E-state index contributed by atoms with van der Waals surface area (Å²) in [6.45, 7) is 4.52. The van der Waals surface area contributed by atoms with Crippen LogP contribution in [-0.2, 0) is 19.1 Å². The number of rotatable bonds is 6. The van der Waals surface area contributed by atoms with Crippen LogP contribution in [0.4, 0.5) is 11.4 Å². The molecular weight excluding hydrogens is 657 g/mol. The molecule has 1 saturated heterocycles. The van der Waals surface area contributed by atoms with E-state index in [1.165, 1.54) is 0 Å². The van der Waals surface area contributed by atoms with Gasteiger partial charge in [-0.2, -0.15) is 23.5 Å². The number of anilines is 2. The number of nitrogens with zero attached hydrogens (tertiary/aromatic N) is 2. The molecule has 14 heteroatoms. The minimum atomic E-state index is -0.599. The van der Waals surface area contributed by atoms with Crippen molar-refractivity contribution in [2.24, 2.45) is 0 Å². The van der Waals surface area contributed by atoms with Crippen molar-refractivity contribution in [2.75, 3.05) is 99.3 Å². The van der Waals surface area contributed by atoms with Crippen LogP contribution in [0.25, 0.3) is 21.9 Å². The number of hydrogen-bond donors (Lipinski definition) is 2. The maximum absolute atomic E-state index is 13.0. The first-order valence-electron chi connectivity index (χ1n) is 15.9. The van der Waals surface area contributed by atoms with Crippen LogP contribution < -0.4 is 21.9 Å². The van der Waals surface area contributed by atoms with Crippen molar-refractivity contribution >= 4 is 68.7 Å². The zero-order chi connectivity index (χ0) is 33.6. The SMILES string of the molecule is O=C(CN1CCOCCN(CC(=O)Nc2cc3ccccc3oc2=O)CCSCCOCCSCC1)Nc1cc2ccccc2oc1=O. The van der Waals surface area contributed by atoms with Crippen LogP contribution >= 0.6 is 23.5 Å². The van der Waals surface area contributed by atoms with Crippen molar-refractivity contribution < 1.29 is 27.9 Å². The molecule has 2 aromatic carbocycles. The Morgan fingerprint density at radius 3 is 1.52 bits per heavy atom. The first-order valence-corrected chi connectivity index (χ1v) is 18.2. The molecule has 1 aliphatic rings. The Kier molecular flexibility index (Phi) is 13.9. The number of carbonyl (C=O) groups is 2. The number of nitrogens with one attached hydrogen (secondary N) is 2. The number of carbonyl (C=O) groups excluding carboxylic acids is 2. The van der Waals surface area contributed by atoms with Crippen LogP contribution in [0.3, 0.4) is 0 Å². The van der Waals surface area contributed by atoms with E-state index in [1.54, 1.807) is 59.9 Å². The molecule has 0 unspecified atom stereocenters. The number of para-hydroxylation sites is 2. The number of thioether (sulfide) groups is 2. The van der Waals surface area contributed by atoms with E-state index in [9.17, 15) is 19.2 Å². The number of fused-ring (bicyclic) bond motifs is 2. The van der Waals surface area contributed by atoms with Crippen LogP contribution in [0.1, 0.15) is 0 Å². The highest BCUT2D eigenvalue weighted by molar-refractivity contribution is 7.99. The summed E-state index contributed by atoms with van der Waals surface area (Å²) in [5, 5.41) is 6.86. The standard InChI is InChI=1S/C34H40N4O8S2/c39-31(35-27-21-25-5-1-3-7-29(25)45-33(27)41)23-37-9-13-43-14-10-38(12-18-48-20-16-44-15-19-47-17-11-37)24-32(40)36-28-22-26-6-2-4-8-30(26)46-34(28)42/h1-8,21-22H,9-20,23-24H2,(H,35,39)(H,36,40). The van der Waals surface area contributed by atoms with E-state index in [2.05, 4.69) is 10.6 Å². The predicted octanol–water partition coefficient (Wildman–Crippen LogP) is 3.59. The van der Waals surface area contributed by atoms with Crippen molar-refractivity contribution in [1.29, 1.82) is 0 Å². The lowest BCUT2D eigenvalue weighted by Gasteiger charge is -2.23. The summed E-state index contributed by atoms with van der Waals surface area (Å²) in [5.41, 5.74) is -0.0716. The van der Waals surface area contributed by atoms with E-state index in [1.807, 2.05) is 34.1 Å². The molecule has 5 rings (SSSR count). The fourth-order valence-electron chi connectivity index (χ4n) is 5.04. The van der Waals surface area contributed by atoms with Crippen LogP contribution in [0.5, 0.6) is 0 Å². The Hall–Kier alpha value is -3.66. The molecule has 0 atom stereocenters. The van der Waals surface area contributed by atoms with Gasteiger partial charge in [0.15, 0.2) is 0 Å². The van der Waals surface area contributed by atoms with Crippen molar-refractivity contribution in [3.63, 3.8) is 0 Å². The van der Waals surface area contributed by atoms with Gasteiger partial charge in [-0.25, -0.2) is 9.59 Å². The molecule has 0 aliphatic carbocycles. The molecule has 0 saturated carbocycles. The third-order valence-electron chi connectivity index (χ3n) is 7.52. The van der Waals surface area contributed by atoms with Crippen molar-refractivity contribution in [1.82, 2.24) is 9.80 Å². The molecule has 1 aliphatic heterocycles. The van der Waals surface area contributed by atoms with Crippen LogP contribution in [-0.4, -0.2) is 110 Å². The summed E-state index contributed by atoms with van der Waals surface area (Å²) >= 11 is 3.52. The summed E-state index contributed by atoms with van der Waals surface area (Å²) in [6.07, 6.45) is 0. The van der Waals surface area contributed by atoms with E-state index >= 15 is 0 Å². The Balaban J connectivity index is 1.15. The van der Waals surface area contributed by atoms with Crippen LogP contribution in [0, 0.1) is 0 Å². The summed E-state index contributed by atoms with van der Waals surface area (Å²) in [7, 11) is 0. The molecule has 48 heavy (non-hydrogen) atoms. The molecule has 2 N–H and O–H groups in total. The summed E-state index contributed by atoms with van der Waals surface area (Å²) in [4.78, 5) is 54.8. The third-order valence-corrected chi connectivity index (χ3v) is 9.37. The Morgan fingerprint density at radius 2 is 1.04 bits per heavy atom. The highest BCUT2D eigenvalue weighted by atomic mass is 32.2. The molecule has 256 valence electrons. The summed E-state index contributed by atoms with van der Waals surface area (Å²) in [5.74, 6) is 2.67. The Bertz CT molecular complexity index is 1650. The molecular formula is C34H40N4O8S2. The van der Waals surface area contributed by atoms with Gasteiger partial charge < -0.3 is 28.9 Å². The summed E-state index contributed by atoms with van der Waals surface area (Å²) in [6, 6.07) is 17.5. The van der Waals surface area contributed by atoms with Gasteiger partial charge in [0, 0.05) is 60.0 Å². The van der Waals surface area contributed by atoms with Crippen molar-refractivity contribution in [3.8, 4) is 0 Å². The maximum Gasteiger partial charge on any atom is 0.360 e. The Labute approximate surface area is 286 Å². The van der Waals surface area contributed by atoms with Gasteiger partial charge in [-0.3, -0.25) is 19.4 Å². The van der Waals surface area contributed by atoms with E-state index in [0.717, 1.165) is 33.8 Å². The van der Waals surface area contributed by atoms with Gasteiger partial charge in [-0.05, 0) is 24.3 Å². The maximum atomic E-state index is 13.0. The van der Waals surface area contributed by atoms with E-state index < -0.39 is 11.3 Å². The smallest absolute Gasteiger partial charge is 0.360 e. The number of amides is 2. The molecule has 4 aromatic rings. The lowest BCUT2D eigenvalue weighted by molar-refractivity contribution is -0.118. The minimum absolute atomic E-state index is 0.0823. The highest BCUT2D eigenvalue weighted by Crippen LogP contribution is 2.16. The normalized spacial score (nSPS) is 17.0. The average molecular weight is 697 g/mol. The van der Waals surface area contributed by atoms with E-state index in [0.29, 0.717) is 63.8 Å². The van der Waals surface area contributed by atoms with Crippen molar-refractivity contribution in [3.05, 3.63) is 81.5 Å². The molecule has 1 fully saturated rings. The number of ether oxygens (including phenoxy) is 2. The lowest BCUT2D eigenvalue weighted by atomic mass is 10.2. The van der Waals surface area contributed by atoms with Crippen LogP contribution in [0.15, 0.2) is 79.1 Å². The predicted molar refractivity (Wildman–Crippen MR) is 191 cm³/mol. The monoisotopic (exact) mass is 696 g/mol. The second kappa shape index (κ2) is 18.8. The number of hydrogen-bond acceptors (Lipinski definition) is 12. The van der Waals surface area contributed by atoms with Crippen LogP contribution in [0.2, 0.25) is 0 Å². The van der Waals surface area contributed by atoms with Gasteiger partial charge in [0.2, 0.25) is 11.8 Å². The van der Waals surface area contributed by atoms with Gasteiger partial charge in [-0.1, -0.05) is 36.4 Å². The lowest BCUT2D eigenvalue weighted by Crippen LogP contribution is -2.39. The molecule has 12 nitrogen and oxygen atoms in total. The highest BCUT2D eigenvalue weighted by Gasteiger charge is 2.16. The fraction of sp³-hybridized carbons (Fsp3) is 0.412. The average Bonchev–Trinajstić information content (AvgIpc) is 3.07. The molecule has 2 amide bonds. The largest absolute Gasteiger partial charge is 0.421 e. The van der Waals surface area contributed by atoms with E-state index in [4.69, 9.17) is 18.3 Å². The zero-order valence-corrected chi connectivity index (χ0v) is 28.3. The topological polar surface area (TPSA) is 144 Å². The molecule has 0 spiro atoms. The van der Waals surface area contributed by atoms with Gasteiger partial charge in [0.1, 0.15) is 22.5 Å².